The van der Waals surface area contributed by atoms with Crippen molar-refractivity contribution in [3.05, 3.63) is 36.4 Å². The van der Waals surface area contributed by atoms with Crippen LogP contribution in [0.1, 0.15) is 96.8 Å². The molecule has 35 heavy (non-hydrogen) atoms. The summed E-state index contributed by atoms with van der Waals surface area (Å²) in [5.41, 5.74) is 0.593. The summed E-state index contributed by atoms with van der Waals surface area (Å²) in [6.07, 6.45) is 17.7. The van der Waals surface area contributed by atoms with Gasteiger partial charge in [-0.05, 0) is 56.4 Å². The fourth-order valence-electron chi connectivity index (χ4n) is 3.80. The summed E-state index contributed by atoms with van der Waals surface area (Å²) in [6.45, 7) is 2.94. The van der Waals surface area contributed by atoms with Crippen molar-refractivity contribution in [3.8, 4) is 5.75 Å². The fraction of sp³-hybridized carbons (Fsp3) is 0.667. The molecule has 8 heteroatoms. The van der Waals surface area contributed by atoms with Gasteiger partial charge in [0.25, 0.3) is 0 Å². The van der Waals surface area contributed by atoms with Gasteiger partial charge >= 0.3 is 12.4 Å². The molecule has 0 aliphatic carbocycles. The Morgan fingerprint density at radius 3 is 2.03 bits per heavy atom. The molecule has 1 heterocycles. The molecule has 0 saturated carbocycles. The van der Waals surface area contributed by atoms with Gasteiger partial charge in [-0.2, -0.15) is 0 Å². The van der Waals surface area contributed by atoms with Crippen LogP contribution in [0, 0.1) is 0 Å². The zero-order chi connectivity index (χ0) is 25.2. The van der Waals surface area contributed by atoms with Crippen LogP contribution in [0.15, 0.2) is 41.5 Å². The number of alkyl halides is 3. The van der Waals surface area contributed by atoms with E-state index in [1.54, 1.807) is 0 Å². The van der Waals surface area contributed by atoms with Gasteiger partial charge in [0.2, 0.25) is 0 Å². The first-order valence-electron chi connectivity index (χ1n) is 13.1. The third-order valence-corrected chi connectivity index (χ3v) is 5.76. The Morgan fingerprint density at radius 1 is 0.857 bits per heavy atom. The Hall–Kier alpha value is -2.38. The molecule has 0 radical (unpaired) electrons. The van der Waals surface area contributed by atoms with Gasteiger partial charge in [0.15, 0.2) is 6.73 Å². The molecule has 0 spiro atoms. The SMILES string of the molecule is CCCCCCCC/C=C\CCCCCCCCOC1=NN(c2ccc(OC(F)(F)F)cc2)CO1. The maximum atomic E-state index is 12.2. The number of rotatable bonds is 18. The van der Waals surface area contributed by atoms with Crippen LogP contribution in [0.2, 0.25) is 0 Å². The highest BCUT2D eigenvalue weighted by molar-refractivity contribution is 5.71. The number of ether oxygens (including phenoxy) is 3. The van der Waals surface area contributed by atoms with Gasteiger partial charge in [-0.15, -0.1) is 13.2 Å². The molecule has 0 unspecified atom stereocenters. The summed E-state index contributed by atoms with van der Waals surface area (Å²) in [4.78, 5) is 0. The molecule has 198 valence electrons. The number of nitrogens with zero attached hydrogens (tertiary/aromatic N) is 2. The second-order valence-electron chi connectivity index (χ2n) is 8.87. The van der Waals surface area contributed by atoms with Crippen LogP contribution < -0.4 is 9.75 Å². The van der Waals surface area contributed by atoms with Crippen molar-refractivity contribution in [2.75, 3.05) is 18.3 Å². The molecule has 1 aliphatic rings. The molecule has 1 aliphatic heterocycles. The first-order valence-corrected chi connectivity index (χ1v) is 13.1. The lowest BCUT2D eigenvalue weighted by atomic mass is 10.1. The molecule has 0 bridgehead atoms. The summed E-state index contributed by atoms with van der Waals surface area (Å²) in [7, 11) is 0. The highest BCUT2D eigenvalue weighted by atomic mass is 19.4. The van der Waals surface area contributed by atoms with Crippen LogP contribution in [-0.4, -0.2) is 25.8 Å². The minimum atomic E-state index is -4.71. The monoisotopic (exact) mass is 498 g/mol. The number of hydrogen-bond acceptors (Lipinski definition) is 5. The normalized spacial score (nSPS) is 13.8. The molecule has 0 amide bonds. The predicted octanol–water partition coefficient (Wildman–Crippen LogP) is 8.70. The van der Waals surface area contributed by atoms with Crippen LogP contribution >= 0.6 is 0 Å². The van der Waals surface area contributed by atoms with Gasteiger partial charge in [0, 0.05) is 0 Å². The van der Waals surface area contributed by atoms with Crippen LogP contribution in [0.3, 0.4) is 0 Å². The van der Waals surface area contributed by atoms with Gasteiger partial charge in [-0.1, -0.05) is 82.0 Å². The predicted molar refractivity (Wildman–Crippen MR) is 134 cm³/mol. The smallest absolute Gasteiger partial charge is 0.449 e. The van der Waals surface area contributed by atoms with Crippen molar-refractivity contribution in [2.24, 2.45) is 5.10 Å². The van der Waals surface area contributed by atoms with E-state index < -0.39 is 6.36 Å². The van der Waals surface area contributed by atoms with E-state index in [0.29, 0.717) is 12.3 Å². The standard InChI is InChI=1S/C27H41F3N2O3/c1-2-3-4-5-6-7-8-9-10-11-12-13-14-15-16-17-22-33-26-31-32(23-34-26)24-18-20-25(21-19-24)35-27(28,29)30/h9-10,18-21H,2-8,11-17,22-23H2,1H3/b10-9-. The van der Waals surface area contributed by atoms with E-state index in [1.807, 2.05) is 0 Å². The van der Waals surface area contributed by atoms with E-state index in [9.17, 15) is 13.2 Å². The van der Waals surface area contributed by atoms with Crippen LogP contribution in [-0.2, 0) is 9.47 Å². The summed E-state index contributed by atoms with van der Waals surface area (Å²) in [5, 5.41) is 5.73. The highest BCUT2D eigenvalue weighted by Crippen LogP contribution is 2.26. The second-order valence-corrected chi connectivity index (χ2v) is 8.87. The topological polar surface area (TPSA) is 43.3 Å². The number of halogens is 3. The van der Waals surface area contributed by atoms with Gasteiger partial charge in [0.05, 0.1) is 12.3 Å². The number of allylic oxidation sites excluding steroid dienone is 2. The van der Waals surface area contributed by atoms with E-state index in [4.69, 9.17) is 9.47 Å². The highest BCUT2D eigenvalue weighted by Gasteiger charge is 2.31. The van der Waals surface area contributed by atoms with Crippen LogP contribution in [0.25, 0.3) is 0 Å². The van der Waals surface area contributed by atoms with E-state index in [-0.39, 0.29) is 18.6 Å². The number of unbranched alkanes of at least 4 members (excludes halogenated alkanes) is 12. The molecule has 0 aromatic heterocycles. The van der Waals surface area contributed by atoms with Gasteiger partial charge in [-0.25, -0.2) is 5.01 Å². The quantitative estimate of drug-likeness (QED) is 0.150. The first-order chi connectivity index (χ1) is 17.0. The Kier molecular flexibility index (Phi) is 14.1. The summed E-state index contributed by atoms with van der Waals surface area (Å²) in [6, 6.07) is 5.46. The van der Waals surface area contributed by atoms with E-state index in [2.05, 4.69) is 28.9 Å². The molecule has 1 aromatic rings. The summed E-state index contributed by atoms with van der Waals surface area (Å²) < 4.78 is 51.6. The Bertz CT molecular complexity index is 736. The average molecular weight is 499 g/mol. The minimum Gasteiger partial charge on any atom is -0.449 e. The fourth-order valence-corrected chi connectivity index (χ4v) is 3.80. The van der Waals surface area contributed by atoms with Crippen LogP contribution in [0.5, 0.6) is 5.75 Å². The maximum Gasteiger partial charge on any atom is 0.573 e. The largest absolute Gasteiger partial charge is 0.573 e. The number of hydrogen-bond donors (Lipinski definition) is 0. The molecule has 0 atom stereocenters. The zero-order valence-corrected chi connectivity index (χ0v) is 21.0. The molecule has 1 aromatic carbocycles. The van der Waals surface area contributed by atoms with Crippen molar-refractivity contribution < 1.29 is 27.4 Å². The number of anilines is 1. The van der Waals surface area contributed by atoms with Gasteiger partial charge < -0.3 is 14.2 Å². The molecule has 0 fully saturated rings. The lowest BCUT2D eigenvalue weighted by Crippen LogP contribution is -2.17. The molecule has 2 rings (SSSR count). The second kappa shape index (κ2) is 17.1. The Morgan fingerprint density at radius 2 is 1.43 bits per heavy atom. The number of benzene rings is 1. The first kappa shape index (κ1) is 28.9. The lowest BCUT2D eigenvalue weighted by Gasteiger charge is -2.12. The average Bonchev–Trinajstić information content (AvgIpc) is 3.29. The lowest BCUT2D eigenvalue weighted by molar-refractivity contribution is -0.274. The molecule has 5 nitrogen and oxygen atoms in total. The summed E-state index contributed by atoms with van der Waals surface area (Å²) >= 11 is 0. The molecule has 0 N–H and O–H groups in total. The third-order valence-electron chi connectivity index (χ3n) is 5.76. The van der Waals surface area contributed by atoms with Crippen molar-refractivity contribution in [2.45, 2.75) is 103 Å². The summed E-state index contributed by atoms with van der Waals surface area (Å²) in [5.74, 6) is -0.276. The van der Waals surface area contributed by atoms with E-state index in [1.165, 1.54) is 106 Å². The van der Waals surface area contributed by atoms with Crippen molar-refractivity contribution in [3.63, 3.8) is 0 Å². The van der Waals surface area contributed by atoms with Crippen LogP contribution in [0.4, 0.5) is 18.9 Å². The number of hydrazone groups is 1. The minimum absolute atomic E-state index is 0.155. The maximum absolute atomic E-state index is 12.2. The Balaban J connectivity index is 1.43. The Labute approximate surface area is 208 Å². The third kappa shape index (κ3) is 13.9. The zero-order valence-electron chi connectivity index (χ0n) is 21.0. The van der Waals surface area contributed by atoms with Crippen molar-refractivity contribution in [1.82, 2.24) is 0 Å². The van der Waals surface area contributed by atoms with Gasteiger partial charge in [-0.3, -0.25) is 0 Å². The van der Waals surface area contributed by atoms with Crippen molar-refractivity contribution >= 4 is 11.8 Å². The van der Waals surface area contributed by atoms with E-state index >= 15 is 0 Å². The molecular formula is C27H41F3N2O3. The molecular weight excluding hydrogens is 457 g/mol. The van der Waals surface area contributed by atoms with Crippen molar-refractivity contribution in [1.29, 1.82) is 0 Å². The van der Waals surface area contributed by atoms with E-state index in [0.717, 1.165) is 12.8 Å². The van der Waals surface area contributed by atoms with Gasteiger partial charge in [0.1, 0.15) is 5.75 Å². The molecule has 0 saturated heterocycles.